The van der Waals surface area contributed by atoms with E-state index in [-0.39, 0.29) is 5.97 Å². The van der Waals surface area contributed by atoms with Crippen molar-refractivity contribution in [1.82, 2.24) is 0 Å². The third kappa shape index (κ3) is 4.06. The first-order valence-electron chi connectivity index (χ1n) is 4.85. The topological polar surface area (TPSA) is 35.5 Å². The van der Waals surface area contributed by atoms with Crippen LogP contribution >= 0.6 is 15.9 Å². The second-order valence-electron chi connectivity index (χ2n) is 3.01. The van der Waals surface area contributed by atoms with Gasteiger partial charge in [0.05, 0.1) is 13.7 Å². The van der Waals surface area contributed by atoms with Gasteiger partial charge in [-0.1, -0.05) is 15.9 Å². The van der Waals surface area contributed by atoms with Gasteiger partial charge in [0.15, 0.2) is 0 Å². The van der Waals surface area contributed by atoms with Crippen LogP contribution in [0.15, 0.2) is 28.7 Å². The number of hydrogen-bond acceptors (Lipinski definition) is 3. The van der Waals surface area contributed by atoms with Crippen LogP contribution in [-0.4, -0.2) is 19.7 Å². The summed E-state index contributed by atoms with van der Waals surface area (Å²) in [4.78, 5) is 11.1. The molecule has 0 saturated heterocycles. The molecule has 0 aromatic heterocycles. The minimum Gasteiger partial charge on any atom is -0.497 e. The number of ether oxygens (including phenoxy) is 2. The highest BCUT2D eigenvalue weighted by Crippen LogP contribution is 2.21. The van der Waals surface area contributed by atoms with Gasteiger partial charge in [-0.3, -0.25) is 0 Å². The van der Waals surface area contributed by atoms with Gasteiger partial charge in [-0.2, -0.15) is 0 Å². The zero-order valence-electron chi connectivity index (χ0n) is 9.20. The van der Waals surface area contributed by atoms with Crippen molar-refractivity contribution >= 4 is 28.0 Å². The summed E-state index contributed by atoms with van der Waals surface area (Å²) < 4.78 is 10.8. The fourth-order valence-corrected chi connectivity index (χ4v) is 1.64. The molecule has 0 atom stereocenters. The van der Waals surface area contributed by atoms with Gasteiger partial charge in [-0.25, -0.2) is 4.79 Å². The zero-order valence-corrected chi connectivity index (χ0v) is 10.8. The van der Waals surface area contributed by atoms with Crippen LogP contribution in [0.2, 0.25) is 0 Å². The molecular formula is C12H13BrO3. The van der Waals surface area contributed by atoms with E-state index in [9.17, 15) is 4.79 Å². The quantitative estimate of drug-likeness (QED) is 0.630. The highest BCUT2D eigenvalue weighted by Gasteiger charge is 1.98. The van der Waals surface area contributed by atoms with Gasteiger partial charge in [-0.05, 0) is 36.8 Å². The number of halogens is 1. The average Bonchev–Trinajstić information content (AvgIpc) is 2.26. The lowest BCUT2D eigenvalue weighted by Gasteiger charge is -2.02. The Labute approximate surface area is 103 Å². The SMILES string of the molecule is CCOC(=O)/C=C/c1cc(Br)cc(OC)c1. The van der Waals surface area contributed by atoms with Crippen LogP contribution in [0.3, 0.4) is 0 Å². The molecule has 1 aromatic carbocycles. The van der Waals surface area contributed by atoms with E-state index in [1.807, 2.05) is 18.2 Å². The van der Waals surface area contributed by atoms with Gasteiger partial charge in [0, 0.05) is 10.5 Å². The van der Waals surface area contributed by atoms with Crippen molar-refractivity contribution in [2.24, 2.45) is 0 Å². The molecule has 0 unspecified atom stereocenters. The maximum atomic E-state index is 11.1. The normalized spacial score (nSPS) is 10.4. The number of hydrogen-bond donors (Lipinski definition) is 0. The summed E-state index contributed by atoms with van der Waals surface area (Å²) >= 11 is 3.36. The van der Waals surface area contributed by atoms with Crippen LogP contribution in [0.1, 0.15) is 12.5 Å². The Hall–Kier alpha value is -1.29. The van der Waals surface area contributed by atoms with Crippen molar-refractivity contribution in [1.29, 1.82) is 0 Å². The number of rotatable bonds is 4. The summed E-state index contributed by atoms with van der Waals surface area (Å²) in [5, 5.41) is 0. The van der Waals surface area contributed by atoms with E-state index >= 15 is 0 Å². The lowest BCUT2D eigenvalue weighted by atomic mass is 10.2. The maximum absolute atomic E-state index is 11.1. The van der Waals surface area contributed by atoms with E-state index in [0.717, 1.165) is 15.8 Å². The minimum atomic E-state index is -0.346. The third-order valence-electron chi connectivity index (χ3n) is 1.83. The Bertz CT molecular complexity index is 399. The molecule has 3 nitrogen and oxygen atoms in total. The lowest BCUT2D eigenvalue weighted by Crippen LogP contribution is -1.98. The summed E-state index contributed by atoms with van der Waals surface area (Å²) in [5.74, 6) is 0.388. The van der Waals surface area contributed by atoms with Crippen LogP contribution < -0.4 is 4.74 Å². The first kappa shape index (κ1) is 12.8. The van der Waals surface area contributed by atoms with Crippen molar-refractivity contribution < 1.29 is 14.3 Å². The number of carbonyl (C=O) groups is 1. The Morgan fingerprint density at radius 3 is 2.81 bits per heavy atom. The van der Waals surface area contributed by atoms with Gasteiger partial charge in [0.1, 0.15) is 5.75 Å². The van der Waals surface area contributed by atoms with Crippen molar-refractivity contribution in [3.63, 3.8) is 0 Å². The Morgan fingerprint density at radius 2 is 2.19 bits per heavy atom. The number of benzene rings is 1. The van der Waals surface area contributed by atoms with Gasteiger partial charge < -0.3 is 9.47 Å². The van der Waals surface area contributed by atoms with E-state index in [1.165, 1.54) is 6.08 Å². The standard InChI is InChI=1S/C12H13BrO3/c1-3-16-12(14)5-4-9-6-10(13)8-11(7-9)15-2/h4-8H,3H2,1-2H3/b5-4+. The van der Waals surface area contributed by atoms with Crippen LogP contribution in [0.5, 0.6) is 5.75 Å². The predicted molar refractivity (Wildman–Crippen MR) is 66.4 cm³/mol. The fourth-order valence-electron chi connectivity index (χ4n) is 1.15. The van der Waals surface area contributed by atoms with Crippen LogP contribution in [0.4, 0.5) is 0 Å². The largest absolute Gasteiger partial charge is 0.497 e. The number of esters is 1. The summed E-state index contributed by atoms with van der Waals surface area (Å²) in [5.41, 5.74) is 0.874. The smallest absolute Gasteiger partial charge is 0.330 e. The summed E-state index contributed by atoms with van der Waals surface area (Å²) in [6.45, 7) is 2.15. The van der Waals surface area contributed by atoms with E-state index in [1.54, 1.807) is 20.1 Å². The molecule has 0 heterocycles. The molecule has 4 heteroatoms. The van der Waals surface area contributed by atoms with Crippen LogP contribution in [0, 0.1) is 0 Å². The molecule has 0 amide bonds. The van der Waals surface area contributed by atoms with Gasteiger partial charge >= 0.3 is 5.97 Å². The Morgan fingerprint density at radius 1 is 1.44 bits per heavy atom. The molecule has 16 heavy (non-hydrogen) atoms. The van der Waals surface area contributed by atoms with E-state index in [4.69, 9.17) is 9.47 Å². The minimum absolute atomic E-state index is 0.346. The van der Waals surface area contributed by atoms with Crippen LogP contribution in [-0.2, 0) is 9.53 Å². The second kappa shape index (κ2) is 6.33. The molecule has 0 bridgehead atoms. The number of methoxy groups -OCH3 is 1. The van der Waals surface area contributed by atoms with Gasteiger partial charge in [0.25, 0.3) is 0 Å². The first-order valence-corrected chi connectivity index (χ1v) is 5.64. The first-order chi connectivity index (χ1) is 7.65. The molecule has 0 aliphatic heterocycles. The highest BCUT2D eigenvalue weighted by atomic mass is 79.9. The molecule has 1 rings (SSSR count). The molecule has 0 aliphatic carbocycles. The van der Waals surface area contributed by atoms with Crippen LogP contribution in [0.25, 0.3) is 6.08 Å². The predicted octanol–water partition coefficient (Wildman–Crippen LogP) is 3.03. The summed E-state index contributed by atoms with van der Waals surface area (Å²) in [6, 6.07) is 5.57. The molecule has 1 aromatic rings. The Balaban J connectivity index is 2.80. The lowest BCUT2D eigenvalue weighted by molar-refractivity contribution is -0.137. The van der Waals surface area contributed by atoms with Gasteiger partial charge in [-0.15, -0.1) is 0 Å². The Kier molecular flexibility index (Phi) is 5.05. The molecule has 0 fully saturated rings. The van der Waals surface area contributed by atoms with E-state index in [2.05, 4.69) is 15.9 Å². The highest BCUT2D eigenvalue weighted by molar-refractivity contribution is 9.10. The number of carbonyl (C=O) groups excluding carboxylic acids is 1. The molecule has 0 saturated carbocycles. The van der Waals surface area contributed by atoms with E-state index < -0.39 is 0 Å². The fraction of sp³-hybridized carbons (Fsp3) is 0.250. The third-order valence-corrected chi connectivity index (χ3v) is 2.29. The second-order valence-corrected chi connectivity index (χ2v) is 3.93. The molecule has 86 valence electrons. The molecular weight excluding hydrogens is 272 g/mol. The zero-order chi connectivity index (χ0) is 12.0. The summed E-state index contributed by atoms with van der Waals surface area (Å²) in [6.07, 6.45) is 3.08. The molecule has 0 aliphatic rings. The van der Waals surface area contributed by atoms with Crippen molar-refractivity contribution in [3.8, 4) is 5.75 Å². The van der Waals surface area contributed by atoms with Crippen molar-refractivity contribution in [2.75, 3.05) is 13.7 Å². The molecule has 0 radical (unpaired) electrons. The maximum Gasteiger partial charge on any atom is 0.330 e. The van der Waals surface area contributed by atoms with Crippen molar-refractivity contribution in [3.05, 3.63) is 34.3 Å². The van der Waals surface area contributed by atoms with Gasteiger partial charge in [0.2, 0.25) is 0 Å². The molecule has 0 spiro atoms. The van der Waals surface area contributed by atoms with E-state index in [0.29, 0.717) is 6.61 Å². The monoisotopic (exact) mass is 284 g/mol. The van der Waals surface area contributed by atoms with Crippen molar-refractivity contribution in [2.45, 2.75) is 6.92 Å². The molecule has 0 N–H and O–H groups in total. The summed E-state index contributed by atoms with van der Waals surface area (Å²) in [7, 11) is 1.60. The average molecular weight is 285 g/mol.